The molecule has 0 radical (unpaired) electrons. The van der Waals surface area contributed by atoms with Crippen molar-refractivity contribution in [1.29, 1.82) is 0 Å². The molecule has 0 saturated heterocycles. The van der Waals surface area contributed by atoms with Gasteiger partial charge in [-0.25, -0.2) is 4.79 Å². The fourth-order valence-electron chi connectivity index (χ4n) is 1.69. The third-order valence-electron chi connectivity index (χ3n) is 3.20. The molecule has 22 heavy (non-hydrogen) atoms. The minimum Gasteiger partial charge on any atom is -0.359 e. The lowest BCUT2D eigenvalue weighted by Crippen LogP contribution is -2.44. The van der Waals surface area contributed by atoms with Crippen molar-refractivity contribution < 1.29 is 9.59 Å². The Morgan fingerprint density at radius 1 is 1.32 bits per heavy atom. The smallest absolute Gasteiger partial charge is 0.317 e. The molecule has 0 aromatic heterocycles. The zero-order valence-corrected chi connectivity index (χ0v) is 14.6. The fraction of sp³-hybridized carbons (Fsp3) is 0.467. The first-order chi connectivity index (χ1) is 10.4. The van der Waals surface area contributed by atoms with Gasteiger partial charge in [0.05, 0.1) is 0 Å². The molecule has 2 N–H and O–H groups in total. The number of nitrogens with one attached hydrogen (secondary N) is 2. The van der Waals surface area contributed by atoms with Gasteiger partial charge in [0.15, 0.2) is 0 Å². The predicted octanol–water partition coefficient (Wildman–Crippen LogP) is 2.60. The minimum atomic E-state index is -0.173. The molecule has 0 aliphatic carbocycles. The minimum absolute atomic E-state index is 0.0783. The second kappa shape index (κ2) is 9.58. The van der Waals surface area contributed by atoms with Gasteiger partial charge in [-0.15, -0.1) is 11.8 Å². The lowest BCUT2D eigenvalue weighted by molar-refractivity contribution is -0.121. The number of nitrogens with zero attached hydrogens (tertiary/aromatic N) is 1. The maximum Gasteiger partial charge on any atom is 0.317 e. The monoisotopic (exact) mass is 343 g/mol. The first kappa shape index (κ1) is 18.6. The Morgan fingerprint density at radius 3 is 2.55 bits per heavy atom. The predicted molar refractivity (Wildman–Crippen MR) is 91.5 cm³/mol. The largest absolute Gasteiger partial charge is 0.359 e. The number of thioether (sulfide) groups is 1. The van der Waals surface area contributed by atoms with Gasteiger partial charge in [-0.2, -0.15) is 0 Å². The maximum atomic E-state index is 12.0. The second-order valence-corrected chi connectivity index (χ2v) is 6.48. The maximum absolute atomic E-state index is 12.0. The first-order valence-corrected chi connectivity index (χ1v) is 8.40. The summed E-state index contributed by atoms with van der Waals surface area (Å²) in [6, 6.07) is 7.27. The van der Waals surface area contributed by atoms with E-state index in [0.29, 0.717) is 18.0 Å². The van der Waals surface area contributed by atoms with Crippen LogP contribution in [0.4, 0.5) is 4.79 Å². The number of benzene rings is 1. The van der Waals surface area contributed by atoms with Gasteiger partial charge in [0, 0.05) is 48.8 Å². The Labute approximate surface area is 140 Å². The van der Waals surface area contributed by atoms with E-state index in [9.17, 15) is 9.59 Å². The molecule has 0 saturated carbocycles. The molecule has 0 aliphatic heterocycles. The zero-order valence-electron chi connectivity index (χ0n) is 13.1. The average Bonchev–Trinajstić information content (AvgIpc) is 2.51. The van der Waals surface area contributed by atoms with Gasteiger partial charge in [0.25, 0.3) is 0 Å². The van der Waals surface area contributed by atoms with Crippen molar-refractivity contribution in [3.05, 3.63) is 29.3 Å². The van der Waals surface area contributed by atoms with Gasteiger partial charge in [-0.3, -0.25) is 4.79 Å². The SMILES string of the molecule is CNC(=O)C[C@H](C)N(C)C(=O)NCCSc1ccc(Cl)cc1. The summed E-state index contributed by atoms with van der Waals surface area (Å²) < 4.78 is 0. The molecular formula is C15H22ClN3O2S. The van der Waals surface area contributed by atoms with Gasteiger partial charge >= 0.3 is 6.03 Å². The summed E-state index contributed by atoms with van der Waals surface area (Å²) in [7, 11) is 3.28. The van der Waals surface area contributed by atoms with E-state index in [2.05, 4.69) is 10.6 Å². The average molecular weight is 344 g/mol. The van der Waals surface area contributed by atoms with E-state index in [4.69, 9.17) is 11.6 Å². The molecule has 1 aromatic carbocycles. The summed E-state index contributed by atoms with van der Waals surface area (Å²) in [5, 5.41) is 6.11. The summed E-state index contributed by atoms with van der Waals surface area (Å²) in [5.74, 6) is 0.691. The van der Waals surface area contributed by atoms with E-state index in [1.807, 2.05) is 31.2 Å². The normalized spacial score (nSPS) is 11.6. The Hall–Kier alpha value is -1.40. The van der Waals surface area contributed by atoms with Crippen molar-refractivity contribution in [3.8, 4) is 0 Å². The lowest BCUT2D eigenvalue weighted by atomic mass is 10.2. The van der Waals surface area contributed by atoms with Crippen LogP contribution in [0, 0.1) is 0 Å². The summed E-state index contributed by atoms with van der Waals surface area (Å²) in [6.07, 6.45) is 0.292. The zero-order chi connectivity index (χ0) is 16.5. The van der Waals surface area contributed by atoms with Crippen LogP contribution in [-0.2, 0) is 4.79 Å². The lowest BCUT2D eigenvalue weighted by Gasteiger charge is -2.24. The molecule has 0 bridgehead atoms. The van der Waals surface area contributed by atoms with Gasteiger partial charge in [0.1, 0.15) is 0 Å². The van der Waals surface area contributed by atoms with E-state index in [1.165, 1.54) is 0 Å². The quantitative estimate of drug-likeness (QED) is 0.591. The standard InChI is InChI=1S/C15H22ClN3O2S/c1-11(10-14(20)17-2)19(3)15(21)18-8-9-22-13-6-4-12(16)5-7-13/h4-7,11H,8-10H2,1-3H3,(H,17,20)(H,18,21)/t11-/m0/s1. The van der Waals surface area contributed by atoms with E-state index < -0.39 is 0 Å². The molecule has 0 aliphatic rings. The van der Waals surface area contributed by atoms with Crippen LogP contribution in [0.25, 0.3) is 0 Å². The molecule has 1 aromatic rings. The van der Waals surface area contributed by atoms with Crippen LogP contribution in [0.3, 0.4) is 0 Å². The molecule has 0 unspecified atom stereocenters. The van der Waals surface area contributed by atoms with Crippen LogP contribution in [0.15, 0.2) is 29.2 Å². The summed E-state index contributed by atoms with van der Waals surface area (Å²) >= 11 is 7.47. The number of amides is 3. The molecule has 1 rings (SSSR count). The Balaban J connectivity index is 2.27. The van der Waals surface area contributed by atoms with Crippen molar-refractivity contribution in [3.63, 3.8) is 0 Å². The number of rotatable bonds is 7. The van der Waals surface area contributed by atoms with Crippen molar-refractivity contribution in [2.45, 2.75) is 24.3 Å². The van der Waals surface area contributed by atoms with E-state index >= 15 is 0 Å². The van der Waals surface area contributed by atoms with Crippen LogP contribution in [-0.4, -0.2) is 49.3 Å². The fourth-order valence-corrected chi connectivity index (χ4v) is 2.58. The molecule has 3 amide bonds. The molecule has 7 heteroatoms. The Kier molecular flexibility index (Phi) is 8.12. The Bertz CT molecular complexity index is 496. The van der Waals surface area contributed by atoms with E-state index in [0.717, 1.165) is 10.6 Å². The van der Waals surface area contributed by atoms with Crippen LogP contribution < -0.4 is 10.6 Å². The topological polar surface area (TPSA) is 61.4 Å². The molecular weight excluding hydrogens is 322 g/mol. The molecule has 0 fully saturated rings. The van der Waals surface area contributed by atoms with E-state index in [1.54, 1.807) is 30.8 Å². The molecule has 0 spiro atoms. The van der Waals surface area contributed by atoms with Crippen molar-refractivity contribution in [1.82, 2.24) is 15.5 Å². The molecule has 1 atom stereocenters. The summed E-state index contributed by atoms with van der Waals surface area (Å²) in [5.41, 5.74) is 0. The van der Waals surface area contributed by atoms with Crippen LogP contribution >= 0.6 is 23.4 Å². The highest BCUT2D eigenvalue weighted by Gasteiger charge is 2.17. The number of hydrogen-bond donors (Lipinski definition) is 2. The molecule has 0 heterocycles. The third-order valence-corrected chi connectivity index (χ3v) is 4.47. The van der Waals surface area contributed by atoms with Crippen molar-refractivity contribution >= 4 is 35.3 Å². The first-order valence-electron chi connectivity index (χ1n) is 7.03. The van der Waals surface area contributed by atoms with E-state index in [-0.39, 0.29) is 18.0 Å². The third kappa shape index (κ3) is 6.58. The number of urea groups is 1. The second-order valence-electron chi connectivity index (χ2n) is 4.87. The number of hydrogen-bond acceptors (Lipinski definition) is 3. The summed E-state index contributed by atoms with van der Waals surface area (Å²) in [4.78, 5) is 25.9. The van der Waals surface area contributed by atoms with Gasteiger partial charge < -0.3 is 15.5 Å². The molecule has 5 nitrogen and oxygen atoms in total. The van der Waals surface area contributed by atoms with Crippen molar-refractivity contribution in [2.75, 3.05) is 26.4 Å². The number of carbonyl (C=O) groups is 2. The Morgan fingerprint density at radius 2 is 1.95 bits per heavy atom. The number of carbonyl (C=O) groups excluding carboxylic acids is 2. The summed E-state index contributed by atoms with van der Waals surface area (Å²) in [6.45, 7) is 2.40. The van der Waals surface area contributed by atoms with Gasteiger partial charge in [-0.1, -0.05) is 11.6 Å². The highest BCUT2D eigenvalue weighted by molar-refractivity contribution is 7.99. The van der Waals surface area contributed by atoms with Gasteiger partial charge in [-0.05, 0) is 31.2 Å². The van der Waals surface area contributed by atoms with Crippen LogP contribution in [0.2, 0.25) is 5.02 Å². The number of halogens is 1. The highest BCUT2D eigenvalue weighted by Crippen LogP contribution is 2.19. The molecule has 122 valence electrons. The van der Waals surface area contributed by atoms with Crippen molar-refractivity contribution in [2.24, 2.45) is 0 Å². The highest BCUT2D eigenvalue weighted by atomic mass is 35.5. The van der Waals surface area contributed by atoms with Crippen LogP contribution in [0.1, 0.15) is 13.3 Å². The van der Waals surface area contributed by atoms with Crippen LogP contribution in [0.5, 0.6) is 0 Å². The van der Waals surface area contributed by atoms with Gasteiger partial charge in [0.2, 0.25) is 5.91 Å².